The van der Waals surface area contributed by atoms with E-state index in [-0.39, 0.29) is 11.6 Å². The molecule has 0 aliphatic rings. The summed E-state index contributed by atoms with van der Waals surface area (Å²) in [5, 5.41) is 3.03. The van der Waals surface area contributed by atoms with Gasteiger partial charge in [-0.15, -0.1) is 0 Å². The molecule has 0 saturated heterocycles. The Bertz CT molecular complexity index is 486. The van der Waals surface area contributed by atoms with Crippen LogP contribution in [-0.2, 0) is 26.0 Å². The van der Waals surface area contributed by atoms with Gasteiger partial charge in [0.2, 0.25) is 5.09 Å². The molecule has 0 aromatic carbocycles. The fourth-order valence-corrected chi connectivity index (χ4v) is 2.55. The van der Waals surface area contributed by atoms with E-state index in [1.807, 2.05) is 0 Å². The van der Waals surface area contributed by atoms with Crippen LogP contribution in [0.15, 0.2) is 21.6 Å². The van der Waals surface area contributed by atoms with E-state index < -0.39 is 10.0 Å². The molecule has 0 aliphatic carbocycles. The van der Waals surface area contributed by atoms with Crippen molar-refractivity contribution < 1.29 is 22.3 Å². The molecule has 1 N–H and O–H groups in total. The second-order valence-corrected chi connectivity index (χ2v) is 6.19. The van der Waals surface area contributed by atoms with Crippen LogP contribution >= 0.6 is 0 Å². The number of furan rings is 1. The van der Waals surface area contributed by atoms with Gasteiger partial charge in [-0.2, -0.15) is 4.31 Å². The zero-order chi connectivity index (χ0) is 15.0. The van der Waals surface area contributed by atoms with Gasteiger partial charge < -0.3 is 19.2 Å². The van der Waals surface area contributed by atoms with E-state index in [9.17, 15) is 8.42 Å². The number of sulfonamides is 1. The first-order valence-corrected chi connectivity index (χ1v) is 7.70. The van der Waals surface area contributed by atoms with Crippen molar-refractivity contribution >= 4 is 10.0 Å². The average molecular weight is 306 g/mol. The van der Waals surface area contributed by atoms with Crippen LogP contribution in [0.3, 0.4) is 0 Å². The first-order valence-electron chi connectivity index (χ1n) is 6.26. The van der Waals surface area contributed by atoms with E-state index in [1.54, 1.807) is 13.2 Å². The maximum atomic E-state index is 12.2. The van der Waals surface area contributed by atoms with Crippen molar-refractivity contribution in [2.45, 2.75) is 11.6 Å². The summed E-state index contributed by atoms with van der Waals surface area (Å²) in [5.74, 6) is 0.569. The Morgan fingerprint density at radius 1 is 1.25 bits per heavy atom. The van der Waals surface area contributed by atoms with Crippen molar-refractivity contribution in [2.75, 3.05) is 47.6 Å². The number of nitrogens with one attached hydrogen (secondary N) is 1. The topological polar surface area (TPSA) is 81.0 Å². The van der Waals surface area contributed by atoms with E-state index in [4.69, 9.17) is 13.9 Å². The second-order valence-electron chi connectivity index (χ2n) is 4.21. The van der Waals surface area contributed by atoms with Crippen LogP contribution in [0.5, 0.6) is 0 Å². The van der Waals surface area contributed by atoms with Crippen molar-refractivity contribution in [1.82, 2.24) is 9.62 Å². The molecule has 0 unspecified atom stereocenters. The van der Waals surface area contributed by atoms with Crippen LogP contribution < -0.4 is 5.32 Å². The van der Waals surface area contributed by atoms with E-state index >= 15 is 0 Å². The fourth-order valence-electron chi connectivity index (χ4n) is 1.47. The number of methoxy groups -OCH3 is 2. The first-order chi connectivity index (χ1) is 9.52. The van der Waals surface area contributed by atoms with Crippen LogP contribution in [-0.4, -0.2) is 60.3 Å². The predicted molar refractivity (Wildman–Crippen MR) is 74.0 cm³/mol. The lowest BCUT2D eigenvalue weighted by atomic mass is 10.4. The summed E-state index contributed by atoms with van der Waals surface area (Å²) >= 11 is 0. The normalized spacial score (nSPS) is 12.2. The summed E-state index contributed by atoms with van der Waals surface area (Å²) in [6.07, 6.45) is 0. The highest BCUT2D eigenvalue weighted by Gasteiger charge is 2.24. The number of hydrogen-bond donors (Lipinski definition) is 1. The third-order valence-corrected chi connectivity index (χ3v) is 4.43. The largest absolute Gasteiger partial charge is 0.447 e. The summed E-state index contributed by atoms with van der Waals surface area (Å²) < 4.78 is 40.7. The summed E-state index contributed by atoms with van der Waals surface area (Å²) in [5.41, 5.74) is 0. The highest BCUT2D eigenvalue weighted by atomic mass is 32.2. The highest BCUT2D eigenvalue weighted by molar-refractivity contribution is 7.89. The predicted octanol–water partition coefficient (Wildman–Crippen LogP) is 0.283. The van der Waals surface area contributed by atoms with Crippen molar-refractivity contribution in [3.63, 3.8) is 0 Å². The van der Waals surface area contributed by atoms with Gasteiger partial charge in [0.1, 0.15) is 5.76 Å². The zero-order valence-corrected chi connectivity index (χ0v) is 12.9. The van der Waals surface area contributed by atoms with Crippen LogP contribution in [0.1, 0.15) is 5.76 Å². The molecule has 1 heterocycles. The van der Waals surface area contributed by atoms with E-state index in [2.05, 4.69) is 5.32 Å². The molecule has 0 spiro atoms. The van der Waals surface area contributed by atoms with Gasteiger partial charge in [0, 0.05) is 34.4 Å². The minimum absolute atomic E-state index is 0.0559. The minimum Gasteiger partial charge on any atom is -0.447 e. The van der Waals surface area contributed by atoms with Gasteiger partial charge in [-0.05, 0) is 12.1 Å². The van der Waals surface area contributed by atoms with Gasteiger partial charge in [-0.3, -0.25) is 0 Å². The number of rotatable bonds is 10. The van der Waals surface area contributed by atoms with Gasteiger partial charge in [-0.1, -0.05) is 0 Å². The Morgan fingerprint density at radius 2 is 1.95 bits per heavy atom. The average Bonchev–Trinajstić information content (AvgIpc) is 2.90. The van der Waals surface area contributed by atoms with Crippen LogP contribution in [0.4, 0.5) is 0 Å². The van der Waals surface area contributed by atoms with Crippen LogP contribution in [0.25, 0.3) is 0 Å². The van der Waals surface area contributed by atoms with Crippen molar-refractivity contribution in [3.8, 4) is 0 Å². The molecule has 0 amide bonds. The molecular formula is C12H22N2O5S. The van der Waals surface area contributed by atoms with E-state index in [0.717, 1.165) is 0 Å². The van der Waals surface area contributed by atoms with Crippen LogP contribution in [0, 0.1) is 0 Å². The van der Waals surface area contributed by atoms with E-state index in [0.29, 0.717) is 32.1 Å². The van der Waals surface area contributed by atoms with Crippen LogP contribution in [0.2, 0.25) is 0 Å². The maximum absolute atomic E-state index is 12.2. The Kier molecular flexibility index (Phi) is 7.17. The van der Waals surface area contributed by atoms with Gasteiger partial charge in [0.15, 0.2) is 0 Å². The molecule has 116 valence electrons. The summed E-state index contributed by atoms with van der Waals surface area (Å²) in [6.45, 7) is 2.34. The number of nitrogens with zero attached hydrogens (tertiary/aromatic N) is 1. The second kappa shape index (κ2) is 8.38. The molecular weight excluding hydrogens is 284 g/mol. The highest BCUT2D eigenvalue weighted by Crippen LogP contribution is 2.17. The summed E-state index contributed by atoms with van der Waals surface area (Å²) in [4.78, 5) is 0. The molecule has 1 rings (SSSR count). The molecule has 0 saturated carbocycles. The summed E-state index contributed by atoms with van der Waals surface area (Å²) in [7, 11) is 1.05. The standard InChI is InChI=1S/C12H22N2O5S/c1-14(7-9-18-3)20(15,16)12-5-4-11(19-12)10-13-6-8-17-2/h4-5,13H,6-10H2,1-3H3. The first kappa shape index (κ1) is 17.1. The van der Waals surface area contributed by atoms with Gasteiger partial charge in [0.25, 0.3) is 10.0 Å². The Hall–Kier alpha value is -0.930. The SMILES string of the molecule is COCCNCc1ccc(S(=O)(=O)N(C)CCOC)o1. The lowest BCUT2D eigenvalue weighted by Gasteiger charge is -2.14. The third-order valence-electron chi connectivity index (χ3n) is 2.69. The van der Waals surface area contributed by atoms with Crippen molar-refractivity contribution in [2.24, 2.45) is 0 Å². The van der Waals surface area contributed by atoms with Gasteiger partial charge in [-0.25, -0.2) is 8.42 Å². The Balaban J connectivity index is 2.60. The number of hydrogen-bond acceptors (Lipinski definition) is 6. The number of ether oxygens (including phenoxy) is 2. The lowest BCUT2D eigenvalue weighted by molar-refractivity contribution is 0.184. The summed E-state index contributed by atoms with van der Waals surface area (Å²) in [6, 6.07) is 3.11. The third kappa shape index (κ3) is 4.88. The quantitative estimate of drug-likeness (QED) is 0.626. The van der Waals surface area contributed by atoms with Crippen molar-refractivity contribution in [1.29, 1.82) is 0 Å². The molecule has 8 heteroatoms. The molecule has 20 heavy (non-hydrogen) atoms. The molecule has 0 bridgehead atoms. The molecule has 0 aliphatic heterocycles. The minimum atomic E-state index is -3.59. The fraction of sp³-hybridized carbons (Fsp3) is 0.667. The zero-order valence-electron chi connectivity index (χ0n) is 12.1. The number of likely N-dealkylation sites (N-methyl/N-ethyl adjacent to an activating group) is 1. The Morgan fingerprint density at radius 3 is 2.60 bits per heavy atom. The van der Waals surface area contributed by atoms with Gasteiger partial charge >= 0.3 is 0 Å². The monoisotopic (exact) mass is 306 g/mol. The molecule has 0 radical (unpaired) electrons. The molecule has 0 atom stereocenters. The smallest absolute Gasteiger partial charge is 0.276 e. The molecule has 7 nitrogen and oxygen atoms in total. The maximum Gasteiger partial charge on any atom is 0.276 e. The Labute approximate surface area is 119 Å². The van der Waals surface area contributed by atoms with Crippen molar-refractivity contribution in [3.05, 3.63) is 17.9 Å². The lowest BCUT2D eigenvalue weighted by Crippen LogP contribution is -2.29. The van der Waals surface area contributed by atoms with Gasteiger partial charge in [0.05, 0.1) is 19.8 Å². The van der Waals surface area contributed by atoms with E-state index in [1.165, 1.54) is 24.5 Å². The molecule has 1 aromatic rings. The molecule has 1 aromatic heterocycles. The molecule has 0 fully saturated rings.